The van der Waals surface area contributed by atoms with E-state index in [0.29, 0.717) is 5.82 Å². The number of anilines is 1. The molecule has 108 valence electrons. The fourth-order valence-electron chi connectivity index (χ4n) is 2.31. The second-order valence-electron chi connectivity index (χ2n) is 4.58. The van der Waals surface area contributed by atoms with Crippen molar-refractivity contribution in [2.75, 3.05) is 11.9 Å². The zero-order valence-corrected chi connectivity index (χ0v) is 12.9. The highest BCUT2D eigenvalue weighted by molar-refractivity contribution is 5.97. The first-order chi connectivity index (χ1) is 8.16. The molecule has 2 rings (SSSR count). The van der Waals surface area contributed by atoms with Crippen molar-refractivity contribution in [1.29, 1.82) is 0 Å². The molecule has 0 aliphatic carbocycles. The van der Waals surface area contributed by atoms with E-state index in [1.807, 2.05) is 32.0 Å². The predicted octanol–water partition coefficient (Wildman–Crippen LogP) is 2.70. The third-order valence-corrected chi connectivity index (χ3v) is 3.41. The first-order valence-electron chi connectivity index (χ1n) is 6.16. The Bertz CT molecular complexity index is 420. The van der Waals surface area contributed by atoms with Gasteiger partial charge in [-0.15, -0.1) is 24.8 Å². The number of nitrogens with one attached hydrogen (secondary N) is 2. The van der Waals surface area contributed by atoms with Crippen molar-refractivity contribution in [3.8, 4) is 0 Å². The molecule has 1 aromatic rings. The Morgan fingerprint density at radius 2 is 2.21 bits per heavy atom. The maximum Gasteiger partial charge on any atom is 0.245 e. The lowest BCUT2D eigenvalue weighted by molar-refractivity contribution is -0.122. The fraction of sp³-hybridized carbons (Fsp3) is 0.538. The summed E-state index contributed by atoms with van der Waals surface area (Å²) < 4.78 is 0. The summed E-state index contributed by atoms with van der Waals surface area (Å²) in [6.07, 6.45) is 2.77. The van der Waals surface area contributed by atoms with Crippen LogP contribution in [0.4, 0.5) is 5.82 Å². The van der Waals surface area contributed by atoms with Gasteiger partial charge in [0.1, 0.15) is 5.82 Å². The lowest BCUT2D eigenvalue weighted by Gasteiger charge is -2.26. The summed E-state index contributed by atoms with van der Waals surface area (Å²) in [6, 6.07) is 5.64. The third-order valence-electron chi connectivity index (χ3n) is 3.41. The average Bonchev–Trinajstić information content (AvgIpc) is 2.78. The van der Waals surface area contributed by atoms with Crippen LogP contribution in [0.25, 0.3) is 0 Å². The van der Waals surface area contributed by atoms with Crippen LogP contribution in [-0.4, -0.2) is 23.0 Å². The van der Waals surface area contributed by atoms with Crippen LogP contribution >= 0.6 is 24.8 Å². The number of nitrogens with zero attached hydrogens (tertiary/aromatic N) is 1. The second-order valence-corrected chi connectivity index (χ2v) is 4.58. The van der Waals surface area contributed by atoms with E-state index in [2.05, 4.69) is 15.6 Å². The molecule has 1 saturated heterocycles. The Kier molecular flexibility index (Phi) is 7.34. The molecule has 1 aliphatic rings. The molecular formula is C13H21Cl2N3O. The molecule has 0 aromatic carbocycles. The van der Waals surface area contributed by atoms with Crippen LogP contribution in [0.3, 0.4) is 0 Å². The Labute approximate surface area is 126 Å². The van der Waals surface area contributed by atoms with Gasteiger partial charge in [0.15, 0.2) is 0 Å². The summed E-state index contributed by atoms with van der Waals surface area (Å²) in [5, 5.41) is 6.22. The molecule has 0 saturated carbocycles. The maximum atomic E-state index is 12.3. The molecule has 0 spiro atoms. The maximum absolute atomic E-state index is 12.3. The predicted molar refractivity (Wildman–Crippen MR) is 82.4 cm³/mol. The van der Waals surface area contributed by atoms with E-state index in [0.717, 1.165) is 31.5 Å². The first-order valence-corrected chi connectivity index (χ1v) is 6.16. The molecule has 0 bridgehead atoms. The van der Waals surface area contributed by atoms with Crippen molar-refractivity contribution in [3.05, 3.63) is 23.9 Å². The van der Waals surface area contributed by atoms with Crippen LogP contribution in [0.2, 0.25) is 0 Å². The van der Waals surface area contributed by atoms with Crippen LogP contribution < -0.4 is 10.6 Å². The number of rotatable bonds is 3. The van der Waals surface area contributed by atoms with E-state index in [9.17, 15) is 4.79 Å². The largest absolute Gasteiger partial charge is 0.309 e. The number of halogens is 2. The molecule has 2 N–H and O–H groups in total. The van der Waals surface area contributed by atoms with Crippen molar-refractivity contribution in [2.24, 2.45) is 0 Å². The van der Waals surface area contributed by atoms with E-state index in [-0.39, 0.29) is 30.7 Å². The van der Waals surface area contributed by atoms with Gasteiger partial charge in [-0.2, -0.15) is 0 Å². The van der Waals surface area contributed by atoms with Crippen LogP contribution in [0.15, 0.2) is 18.2 Å². The Morgan fingerprint density at radius 1 is 1.47 bits per heavy atom. The number of pyridine rings is 1. The number of aromatic nitrogens is 1. The highest BCUT2D eigenvalue weighted by Gasteiger charge is 2.39. The van der Waals surface area contributed by atoms with E-state index in [1.54, 1.807) is 0 Å². The summed E-state index contributed by atoms with van der Waals surface area (Å²) in [5.74, 6) is 0.673. The van der Waals surface area contributed by atoms with Gasteiger partial charge >= 0.3 is 0 Å². The summed E-state index contributed by atoms with van der Waals surface area (Å²) in [6.45, 7) is 4.88. The van der Waals surface area contributed by atoms with Crippen molar-refractivity contribution in [3.63, 3.8) is 0 Å². The van der Waals surface area contributed by atoms with Gasteiger partial charge in [0, 0.05) is 5.69 Å². The molecule has 19 heavy (non-hydrogen) atoms. The molecule has 4 nitrogen and oxygen atoms in total. The molecule has 1 aliphatic heterocycles. The monoisotopic (exact) mass is 305 g/mol. The van der Waals surface area contributed by atoms with Crippen molar-refractivity contribution in [1.82, 2.24) is 10.3 Å². The second kappa shape index (κ2) is 7.68. The number of carbonyl (C=O) groups is 1. The number of hydrogen-bond acceptors (Lipinski definition) is 3. The molecule has 0 radical (unpaired) electrons. The number of aryl methyl sites for hydroxylation is 1. The average molecular weight is 306 g/mol. The normalized spacial score (nSPS) is 21.2. The number of hydrogen-bond donors (Lipinski definition) is 2. The lowest BCUT2D eigenvalue weighted by atomic mass is 9.93. The van der Waals surface area contributed by atoms with Gasteiger partial charge in [-0.3, -0.25) is 4.79 Å². The summed E-state index contributed by atoms with van der Waals surface area (Å²) in [4.78, 5) is 16.6. The molecule has 1 unspecified atom stereocenters. The van der Waals surface area contributed by atoms with E-state index >= 15 is 0 Å². The van der Waals surface area contributed by atoms with Crippen molar-refractivity contribution >= 4 is 36.5 Å². The molecule has 1 amide bonds. The molecule has 2 heterocycles. The van der Waals surface area contributed by atoms with Gasteiger partial charge in [0.25, 0.3) is 0 Å². The molecule has 6 heteroatoms. The Balaban J connectivity index is 0.00000162. The topological polar surface area (TPSA) is 54.0 Å². The minimum atomic E-state index is -0.397. The Morgan fingerprint density at radius 3 is 2.74 bits per heavy atom. The lowest BCUT2D eigenvalue weighted by Crippen LogP contribution is -2.50. The van der Waals surface area contributed by atoms with Gasteiger partial charge in [0.05, 0.1) is 5.54 Å². The first kappa shape index (κ1) is 18.2. The fourth-order valence-corrected chi connectivity index (χ4v) is 2.31. The van der Waals surface area contributed by atoms with Gasteiger partial charge in [-0.05, 0) is 44.9 Å². The van der Waals surface area contributed by atoms with Crippen LogP contribution in [-0.2, 0) is 4.79 Å². The highest BCUT2D eigenvalue weighted by atomic mass is 35.5. The SMILES string of the molecule is CCC1(C(=O)Nc2cccc(C)n2)CCCN1.Cl.Cl. The molecule has 1 atom stereocenters. The highest BCUT2D eigenvalue weighted by Crippen LogP contribution is 2.24. The quantitative estimate of drug-likeness (QED) is 0.903. The standard InChI is InChI=1S/C13H19N3O.2ClH/c1-3-13(8-5-9-14-13)12(17)16-11-7-4-6-10(2)15-11;;/h4,6-7,14H,3,5,8-9H2,1-2H3,(H,15,16,17);2*1H. The van der Waals surface area contributed by atoms with Crippen LogP contribution in [0, 0.1) is 6.92 Å². The zero-order chi connectivity index (χ0) is 12.3. The summed E-state index contributed by atoms with van der Waals surface area (Å²) >= 11 is 0. The third kappa shape index (κ3) is 4.06. The molecular weight excluding hydrogens is 285 g/mol. The zero-order valence-electron chi connectivity index (χ0n) is 11.2. The van der Waals surface area contributed by atoms with Gasteiger partial charge in [-0.25, -0.2) is 4.98 Å². The number of amides is 1. The summed E-state index contributed by atoms with van der Waals surface area (Å²) in [5.41, 5.74) is 0.513. The van der Waals surface area contributed by atoms with Crippen molar-refractivity contribution in [2.45, 2.75) is 38.6 Å². The van der Waals surface area contributed by atoms with E-state index < -0.39 is 5.54 Å². The van der Waals surface area contributed by atoms with Crippen molar-refractivity contribution < 1.29 is 4.79 Å². The molecule has 1 aromatic heterocycles. The van der Waals surface area contributed by atoms with Crippen LogP contribution in [0.5, 0.6) is 0 Å². The van der Waals surface area contributed by atoms with Gasteiger partial charge in [-0.1, -0.05) is 13.0 Å². The van der Waals surface area contributed by atoms with Crippen LogP contribution in [0.1, 0.15) is 31.9 Å². The van der Waals surface area contributed by atoms with Gasteiger partial charge < -0.3 is 10.6 Å². The number of carbonyl (C=O) groups excluding carboxylic acids is 1. The smallest absolute Gasteiger partial charge is 0.245 e. The minimum absolute atomic E-state index is 0. The minimum Gasteiger partial charge on any atom is -0.309 e. The van der Waals surface area contributed by atoms with E-state index in [1.165, 1.54) is 0 Å². The van der Waals surface area contributed by atoms with E-state index in [4.69, 9.17) is 0 Å². The summed E-state index contributed by atoms with van der Waals surface area (Å²) in [7, 11) is 0. The van der Waals surface area contributed by atoms with Gasteiger partial charge in [0.2, 0.25) is 5.91 Å². The molecule has 1 fully saturated rings. The Hall–Kier alpha value is -0.840.